The Kier molecular flexibility index (Phi) is 6.53. The highest BCUT2D eigenvalue weighted by Crippen LogP contribution is 2.34. The lowest BCUT2D eigenvalue weighted by Crippen LogP contribution is -2.40. The first-order chi connectivity index (χ1) is 13.2. The minimum absolute atomic E-state index is 0.0199. The van der Waals surface area contributed by atoms with E-state index in [1.54, 1.807) is 6.07 Å². The van der Waals surface area contributed by atoms with E-state index >= 15 is 0 Å². The summed E-state index contributed by atoms with van der Waals surface area (Å²) >= 11 is 12.0. The lowest BCUT2D eigenvalue weighted by Gasteiger charge is -2.32. The maximum atomic E-state index is 12.9. The summed E-state index contributed by atoms with van der Waals surface area (Å²) < 4.78 is 38.7. The van der Waals surface area contributed by atoms with E-state index in [-0.39, 0.29) is 22.5 Å². The number of nitrogens with one attached hydrogen (secondary N) is 1. The van der Waals surface area contributed by atoms with E-state index < -0.39 is 11.7 Å². The summed E-state index contributed by atoms with van der Waals surface area (Å²) in [5, 5.41) is 3.30. The van der Waals surface area contributed by atoms with Crippen molar-refractivity contribution in [3.63, 3.8) is 0 Å². The highest BCUT2D eigenvalue weighted by atomic mass is 35.5. The van der Waals surface area contributed by atoms with Crippen LogP contribution in [0.5, 0.6) is 0 Å². The molecular weight excluding hydrogens is 412 g/mol. The predicted octanol–water partition coefficient (Wildman–Crippen LogP) is 5.86. The van der Waals surface area contributed by atoms with Gasteiger partial charge in [0.25, 0.3) is 0 Å². The zero-order chi connectivity index (χ0) is 20.3. The number of hydrogen-bond donors (Lipinski definition) is 1. The first-order valence-corrected chi connectivity index (χ1v) is 9.62. The lowest BCUT2D eigenvalue weighted by molar-refractivity contribution is -0.137. The summed E-state index contributed by atoms with van der Waals surface area (Å²) in [6.45, 7) is 2.03. The monoisotopic (exact) mass is 430 g/mol. The molecule has 28 heavy (non-hydrogen) atoms. The molecule has 0 bridgehead atoms. The van der Waals surface area contributed by atoms with Crippen LogP contribution in [0.15, 0.2) is 42.5 Å². The number of rotatable bonds is 4. The number of benzene rings is 2. The van der Waals surface area contributed by atoms with Gasteiger partial charge in [0, 0.05) is 18.1 Å². The van der Waals surface area contributed by atoms with Crippen LogP contribution in [0, 0.1) is 5.92 Å². The smallest absolute Gasteiger partial charge is 0.324 e. The normalized spacial score (nSPS) is 18.1. The average molecular weight is 431 g/mol. The molecule has 1 heterocycles. The second-order valence-corrected chi connectivity index (χ2v) is 7.73. The number of anilines is 1. The van der Waals surface area contributed by atoms with E-state index in [0.717, 1.165) is 36.7 Å². The highest BCUT2D eigenvalue weighted by molar-refractivity contribution is 6.33. The van der Waals surface area contributed by atoms with Gasteiger partial charge in [0.2, 0.25) is 5.91 Å². The Hall–Kier alpha value is -1.76. The maximum Gasteiger partial charge on any atom is 0.416 e. The second-order valence-electron chi connectivity index (χ2n) is 6.89. The topological polar surface area (TPSA) is 32.3 Å². The van der Waals surface area contributed by atoms with Gasteiger partial charge in [0.05, 0.1) is 22.2 Å². The van der Waals surface area contributed by atoms with E-state index in [4.69, 9.17) is 23.2 Å². The van der Waals surface area contributed by atoms with E-state index in [0.29, 0.717) is 24.5 Å². The van der Waals surface area contributed by atoms with Crippen molar-refractivity contribution in [1.29, 1.82) is 0 Å². The molecule has 1 aliphatic heterocycles. The number of amides is 1. The van der Waals surface area contributed by atoms with Crippen molar-refractivity contribution in [1.82, 2.24) is 4.90 Å². The maximum absolute atomic E-state index is 12.9. The van der Waals surface area contributed by atoms with E-state index in [1.807, 2.05) is 18.2 Å². The SMILES string of the molecule is O=C(Nc1cc(C(F)(F)F)ccc1Cl)C1CCCN(Cc2cccc(Cl)c2)C1. The van der Waals surface area contributed by atoms with Gasteiger partial charge in [-0.15, -0.1) is 0 Å². The summed E-state index contributed by atoms with van der Waals surface area (Å²) in [6.07, 6.45) is -2.99. The molecule has 0 saturated carbocycles. The molecule has 1 amide bonds. The van der Waals surface area contributed by atoms with Crippen molar-refractivity contribution < 1.29 is 18.0 Å². The molecule has 3 rings (SSSR count). The zero-order valence-electron chi connectivity index (χ0n) is 14.9. The highest BCUT2D eigenvalue weighted by Gasteiger charge is 2.32. The van der Waals surface area contributed by atoms with Crippen LogP contribution < -0.4 is 5.32 Å². The molecule has 1 atom stereocenters. The van der Waals surface area contributed by atoms with Gasteiger partial charge in [0.1, 0.15) is 0 Å². The van der Waals surface area contributed by atoms with Crippen molar-refractivity contribution in [3.05, 3.63) is 63.6 Å². The predicted molar refractivity (Wildman–Crippen MR) is 105 cm³/mol. The fourth-order valence-corrected chi connectivity index (χ4v) is 3.72. The van der Waals surface area contributed by atoms with Crippen molar-refractivity contribution in [3.8, 4) is 0 Å². The average Bonchev–Trinajstić information content (AvgIpc) is 2.63. The molecule has 1 N–H and O–H groups in total. The number of nitrogens with zero attached hydrogens (tertiary/aromatic N) is 1. The van der Waals surface area contributed by atoms with Crippen LogP contribution in [-0.2, 0) is 17.5 Å². The van der Waals surface area contributed by atoms with Crippen LogP contribution >= 0.6 is 23.2 Å². The Labute approximate surface area is 171 Å². The summed E-state index contributed by atoms with van der Waals surface area (Å²) in [5.74, 6) is -0.643. The molecule has 1 unspecified atom stereocenters. The molecule has 0 aliphatic carbocycles. The zero-order valence-corrected chi connectivity index (χ0v) is 16.4. The van der Waals surface area contributed by atoms with Gasteiger partial charge in [-0.1, -0.05) is 35.3 Å². The third kappa shape index (κ3) is 5.40. The Morgan fingerprint density at radius 1 is 1.18 bits per heavy atom. The molecule has 3 nitrogen and oxygen atoms in total. The quantitative estimate of drug-likeness (QED) is 0.658. The Morgan fingerprint density at radius 3 is 2.68 bits per heavy atom. The van der Waals surface area contributed by atoms with Crippen LogP contribution in [0.2, 0.25) is 10.0 Å². The standard InChI is InChI=1S/C20H19Cl2F3N2O/c21-16-5-1-3-13(9-16)11-27-8-2-4-14(12-27)19(28)26-18-10-15(20(23,24)25)6-7-17(18)22/h1,3,5-7,9-10,14H,2,4,8,11-12H2,(H,26,28). The summed E-state index contributed by atoms with van der Waals surface area (Å²) in [7, 11) is 0. The molecular formula is C20H19Cl2F3N2O. The number of alkyl halides is 3. The Bertz CT molecular complexity index is 858. The number of carbonyl (C=O) groups excluding carboxylic acids is 1. The molecule has 2 aromatic carbocycles. The minimum atomic E-state index is -4.50. The van der Waals surface area contributed by atoms with Gasteiger partial charge in [-0.05, 0) is 55.3 Å². The number of hydrogen-bond acceptors (Lipinski definition) is 2. The van der Waals surface area contributed by atoms with Crippen LogP contribution in [0.3, 0.4) is 0 Å². The molecule has 0 radical (unpaired) electrons. The molecule has 150 valence electrons. The third-order valence-electron chi connectivity index (χ3n) is 4.72. The van der Waals surface area contributed by atoms with E-state index in [2.05, 4.69) is 10.2 Å². The van der Waals surface area contributed by atoms with Crippen LogP contribution in [0.1, 0.15) is 24.0 Å². The fourth-order valence-electron chi connectivity index (χ4n) is 3.34. The van der Waals surface area contributed by atoms with Gasteiger partial charge < -0.3 is 5.32 Å². The lowest BCUT2D eigenvalue weighted by atomic mass is 9.96. The number of piperidine rings is 1. The summed E-state index contributed by atoms with van der Waals surface area (Å²) in [4.78, 5) is 14.8. The number of carbonyl (C=O) groups is 1. The Morgan fingerprint density at radius 2 is 1.96 bits per heavy atom. The molecule has 1 aliphatic rings. The Balaban J connectivity index is 1.66. The van der Waals surface area contributed by atoms with Gasteiger partial charge in [-0.3, -0.25) is 9.69 Å². The van der Waals surface area contributed by atoms with Gasteiger partial charge in [-0.25, -0.2) is 0 Å². The number of halogens is 5. The molecule has 0 aromatic heterocycles. The van der Waals surface area contributed by atoms with E-state index in [1.165, 1.54) is 0 Å². The molecule has 1 saturated heterocycles. The van der Waals surface area contributed by atoms with Crippen LogP contribution in [0.25, 0.3) is 0 Å². The second kappa shape index (κ2) is 8.72. The van der Waals surface area contributed by atoms with Crippen molar-refractivity contribution >= 4 is 34.8 Å². The van der Waals surface area contributed by atoms with Crippen LogP contribution in [0.4, 0.5) is 18.9 Å². The molecule has 2 aromatic rings. The van der Waals surface area contributed by atoms with Crippen molar-refractivity contribution in [2.24, 2.45) is 5.92 Å². The van der Waals surface area contributed by atoms with Gasteiger partial charge in [0.15, 0.2) is 0 Å². The van der Waals surface area contributed by atoms with Crippen molar-refractivity contribution in [2.45, 2.75) is 25.6 Å². The third-order valence-corrected chi connectivity index (χ3v) is 5.29. The van der Waals surface area contributed by atoms with E-state index in [9.17, 15) is 18.0 Å². The molecule has 8 heteroatoms. The fraction of sp³-hybridized carbons (Fsp3) is 0.350. The van der Waals surface area contributed by atoms with Crippen LogP contribution in [-0.4, -0.2) is 23.9 Å². The molecule has 1 fully saturated rings. The van der Waals surface area contributed by atoms with Crippen molar-refractivity contribution in [2.75, 3.05) is 18.4 Å². The summed E-state index contributed by atoms with van der Waals surface area (Å²) in [6, 6.07) is 10.4. The molecule has 0 spiro atoms. The summed E-state index contributed by atoms with van der Waals surface area (Å²) in [5.41, 5.74) is 0.182. The minimum Gasteiger partial charge on any atom is -0.324 e. The largest absolute Gasteiger partial charge is 0.416 e. The van der Waals surface area contributed by atoms with Gasteiger partial charge in [-0.2, -0.15) is 13.2 Å². The first-order valence-electron chi connectivity index (χ1n) is 8.87. The first kappa shape index (κ1) is 21.0. The number of likely N-dealkylation sites (tertiary alicyclic amines) is 1. The van der Waals surface area contributed by atoms with Gasteiger partial charge >= 0.3 is 6.18 Å².